The van der Waals surface area contributed by atoms with E-state index in [0.29, 0.717) is 0 Å². The smallest absolute Gasteiger partial charge is 0.332 e. The third-order valence-corrected chi connectivity index (χ3v) is 5.55. The molecule has 2 aliphatic rings. The van der Waals surface area contributed by atoms with Crippen LogP contribution in [0.15, 0.2) is 24.3 Å². The van der Waals surface area contributed by atoms with Gasteiger partial charge in [0.25, 0.3) is 0 Å². The SMILES string of the molecule is CN1C(=O)C(C(c2ccccc2O)C2C(=O)N(C)C(=O)N(C)C2=O)C(=O)N(C)C1=O. The van der Waals surface area contributed by atoms with Gasteiger partial charge in [0.2, 0.25) is 23.6 Å². The Kier molecular flexibility index (Phi) is 5.06. The summed E-state index contributed by atoms with van der Waals surface area (Å²) in [6.45, 7) is 0. The van der Waals surface area contributed by atoms with E-state index < -0.39 is 53.4 Å². The van der Waals surface area contributed by atoms with Gasteiger partial charge in [0.1, 0.15) is 17.6 Å². The fourth-order valence-corrected chi connectivity index (χ4v) is 3.81. The summed E-state index contributed by atoms with van der Waals surface area (Å²) in [7, 11) is 4.70. The number of phenolic OH excluding ortho intramolecular Hbond substituents is 1. The van der Waals surface area contributed by atoms with Crippen LogP contribution in [0.5, 0.6) is 5.75 Å². The molecule has 0 atom stereocenters. The van der Waals surface area contributed by atoms with E-state index in [9.17, 15) is 33.9 Å². The van der Waals surface area contributed by atoms with E-state index in [1.165, 1.54) is 52.5 Å². The third kappa shape index (κ3) is 2.90. The number of aromatic hydroxyl groups is 1. The molecular weight excluding hydrogens is 396 g/mol. The van der Waals surface area contributed by atoms with Crippen molar-refractivity contribution in [1.29, 1.82) is 0 Å². The number of hydrogen-bond donors (Lipinski definition) is 1. The lowest BCUT2D eigenvalue weighted by Gasteiger charge is -2.42. The lowest BCUT2D eigenvalue weighted by atomic mass is 9.72. The number of imide groups is 4. The zero-order valence-corrected chi connectivity index (χ0v) is 16.7. The summed E-state index contributed by atoms with van der Waals surface area (Å²) in [4.78, 5) is 79.0. The number of para-hydroxylation sites is 1. The number of benzene rings is 1. The summed E-state index contributed by atoms with van der Waals surface area (Å²) in [5.74, 6) is -8.73. The van der Waals surface area contributed by atoms with E-state index >= 15 is 0 Å². The summed E-state index contributed by atoms with van der Waals surface area (Å²) in [5, 5.41) is 10.4. The van der Waals surface area contributed by atoms with Crippen molar-refractivity contribution in [2.75, 3.05) is 28.2 Å². The molecule has 11 nitrogen and oxygen atoms in total. The van der Waals surface area contributed by atoms with E-state index in [1.54, 1.807) is 0 Å². The normalized spacial score (nSPS) is 19.6. The Labute approximate surface area is 171 Å². The Balaban J connectivity index is 2.24. The van der Waals surface area contributed by atoms with Crippen LogP contribution in [0, 0.1) is 11.8 Å². The van der Waals surface area contributed by atoms with Gasteiger partial charge in [-0.1, -0.05) is 18.2 Å². The van der Waals surface area contributed by atoms with Gasteiger partial charge in [-0.25, -0.2) is 9.59 Å². The van der Waals surface area contributed by atoms with Crippen molar-refractivity contribution < 1.29 is 33.9 Å². The predicted octanol–water partition coefficient (Wildman–Crippen LogP) is -0.191. The van der Waals surface area contributed by atoms with E-state index in [1.807, 2.05) is 0 Å². The molecule has 1 aromatic carbocycles. The first kappa shape index (κ1) is 21.0. The van der Waals surface area contributed by atoms with Gasteiger partial charge in [-0.3, -0.25) is 38.8 Å². The van der Waals surface area contributed by atoms with Crippen molar-refractivity contribution in [3.8, 4) is 5.75 Å². The Morgan fingerprint density at radius 1 is 0.667 bits per heavy atom. The maximum Gasteiger partial charge on any atom is 0.332 e. The highest BCUT2D eigenvalue weighted by Crippen LogP contribution is 2.42. The summed E-state index contributed by atoms with van der Waals surface area (Å²) in [6, 6.07) is 3.96. The zero-order chi connectivity index (χ0) is 22.5. The molecule has 1 aromatic rings. The maximum atomic E-state index is 13.0. The summed E-state index contributed by atoms with van der Waals surface area (Å²) in [6.07, 6.45) is 0. The Morgan fingerprint density at radius 3 is 1.33 bits per heavy atom. The highest BCUT2D eigenvalue weighted by atomic mass is 16.3. The van der Waals surface area contributed by atoms with Crippen molar-refractivity contribution in [1.82, 2.24) is 19.6 Å². The lowest BCUT2D eigenvalue weighted by molar-refractivity contribution is -0.154. The number of carbonyl (C=O) groups excluding carboxylic acids is 6. The number of rotatable bonds is 3. The summed E-state index contributed by atoms with van der Waals surface area (Å²) < 4.78 is 0. The fraction of sp³-hybridized carbons (Fsp3) is 0.368. The van der Waals surface area contributed by atoms with Crippen LogP contribution in [-0.2, 0) is 19.2 Å². The first-order valence-electron chi connectivity index (χ1n) is 8.96. The topological polar surface area (TPSA) is 136 Å². The Bertz CT molecular complexity index is 887. The van der Waals surface area contributed by atoms with E-state index in [2.05, 4.69) is 0 Å². The molecule has 0 aromatic heterocycles. The Morgan fingerprint density at radius 2 is 1.00 bits per heavy atom. The van der Waals surface area contributed by atoms with Crippen molar-refractivity contribution in [3.63, 3.8) is 0 Å². The van der Waals surface area contributed by atoms with Gasteiger partial charge in [0, 0.05) is 34.1 Å². The van der Waals surface area contributed by atoms with Crippen LogP contribution in [0.3, 0.4) is 0 Å². The highest BCUT2D eigenvalue weighted by Gasteiger charge is 2.56. The van der Waals surface area contributed by atoms with E-state index in [0.717, 1.165) is 19.6 Å². The molecule has 0 bridgehead atoms. The lowest BCUT2D eigenvalue weighted by Crippen LogP contribution is -2.63. The minimum Gasteiger partial charge on any atom is -0.508 e. The zero-order valence-electron chi connectivity index (χ0n) is 16.7. The molecule has 3 rings (SSSR count). The number of phenols is 1. The van der Waals surface area contributed by atoms with Crippen molar-refractivity contribution in [2.24, 2.45) is 11.8 Å². The highest BCUT2D eigenvalue weighted by molar-refractivity contribution is 6.20. The number of urea groups is 2. The number of amides is 8. The first-order valence-corrected chi connectivity index (χ1v) is 8.96. The van der Waals surface area contributed by atoms with Gasteiger partial charge in [-0.2, -0.15) is 0 Å². The van der Waals surface area contributed by atoms with Gasteiger partial charge in [0.05, 0.1) is 0 Å². The number of barbiturate groups is 2. The van der Waals surface area contributed by atoms with Crippen LogP contribution in [0.1, 0.15) is 11.5 Å². The van der Waals surface area contributed by atoms with E-state index in [-0.39, 0.29) is 11.3 Å². The number of carbonyl (C=O) groups is 6. The quantitative estimate of drug-likeness (QED) is 0.675. The second-order valence-electron chi connectivity index (χ2n) is 7.19. The van der Waals surface area contributed by atoms with Crippen LogP contribution < -0.4 is 0 Å². The molecule has 0 radical (unpaired) electrons. The van der Waals surface area contributed by atoms with Gasteiger partial charge in [0.15, 0.2) is 0 Å². The minimum atomic E-state index is -1.64. The van der Waals surface area contributed by atoms with Gasteiger partial charge < -0.3 is 5.11 Å². The van der Waals surface area contributed by atoms with Gasteiger partial charge >= 0.3 is 12.1 Å². The summed E-state index contributed by atoms with van der Waals surface area (Å²) >= 11 is 0. The van der Waals surface area contributed by atoms with Crippen LogP contribution in [-0.4, -0.2) is 88.6 Å². The van der Waals surface area contributed by atoms with Crippen LogP contribution in [0.25, 0.3) is 0 Å². The largest absolute Gasteiger partial charge is 0.508 e. The molecule has 2 aliphatic heterocycles. The average molecular weight is 416 g/mol. The molecular formula is C19H20N4O7. The molecule has 0 aliphatic carbocycles. The molecule has 30 heavy (non-hydrogen) atoms. The second kappa shape index (κ2) is 7.25. The molecule has 0 spiro atoms. The van der Waals surface area contributed by atoms with Crippen LogP contribution >= 0.6 is 0 Å². The summed E-state index contributed by atoms with van der Waals surface area (Å²) in [5.41, 5.74) is 0.00296. The molecule has 2 fully saturated rings. The molecule has 2 heterocycles. The molecule has 0 saturated carbocycles. The number of hydrogen-bond acceptors (Lipinski definition) is 7. The fourth-order valence-electron chi connectivity index (χ4n) is 3.81. The second-order valence-corrected chi connectivity index (χ2v) is 7.19. The number of nitrogens with zero attached hydrogens (tertiary/aromatic N) is 4. The molecule has 11 heteroatoms. The van der Waals surface area contributed by atoms with Crippen molar-refractivity contribution >= 4 is 35.7 Å². The van der Waals surface area contributed by atoms with Crippen molar-refractivity contribution in [2.45, 2.75) is 5.92 Å². The van der Waals surface area contributed by atoms with Gasteiger partial charge in [-0.05, 0) is 11.6 Å². The van der Waals surface area contributed by atoms with Crippen molar-refractivity contribution in [3.05, 3.63) is 29.8 Å². The van der Waals surface area contributed by atoms with E-state index in [4.69, 9.17) is 0 Å². The molecule has 1 N–H and O–H groups in total. The molecule has 158 valence electrons. The minimum absolute atomic E-state index is 0.00296. The average Bonchev–Trinajstić information content (AvgIpc) is 2.73. The standard InChI is InChI=1S/C19H20N4O7/c1-20-14(25)12(15(26)21(2)18(20)29)11(9-7-5-6-8-10(9)24)13-16(27)22(3)19(30)23(4)17(13)28/h5-8,11-13,24H,1-4H3. The predicted molar refractivity (Wildman–Crippen MR) is 99.7 cm³/mol. The maximum absolute atomic E-state index is 13.0. The van der Waals surface area contributed by atoms with Crippen LogP contribution in [0.4, 0.5) is 9.59 Å². The third-order valence-electron chi connectivity index (χ3n) is 5.55. The monoisotopic (exact) mass is 416 g/mol. The molecule has 0 unspecified atom stereocenters. The van der Waals surface area contributed by atoms with Crippen LogP contribution in [0.2, 0.25) is 0 Å². The van der Waals surface area contributed by atoms with Gasteiger partial charge in [-0.15, -0.1) is 0 Å². The first-order chi connectivity index (χ1) is 14.0. The molecule has 8 amide bonds. The Hall–Kier alpha value is -3.76. The molecule has 2 saturated heterocycles.